The maximum atomic E-state index is 12.2. The van der Waals surface area contributed by atoms with Gasteiger partial charge in [-0.1, -0.05) is 6.92 Å². The Morgan fingerprint density at radius 2 is 2.41 bits per heavy atom. The number of likely N-dealkylation sites (tertiary alicyclic amines) is 1. The van der Waals surface area contributed by atoms with Crippen LogP contribution in [0.1, 0.15) is 42.7 Å². The highest BCUT2D eigenvalue weighted by Crippen LogP contribution is 2.16. The third kappa shape index (κ3) is 3.67. The summed E-state index contributed by atoms with van der Waals surface area (Å²) in [6.07, 6.45) is 5.41. The van der Waals surface area contributed by atoms with Crippen LogP contribution in [0.4, 0.5) is 0 Å². The maximum Gasteiger partial charge on any atom is 0.271 e. The SMILES string of the molecule is CCN1CCC(CNC(=O)c2ccn(C3CCCNC3)n2)C1. The van der Waals surface area contributed by atoms with Crippen LogP contribution < -0.4 is 10.6 Å². The Hall–Kier alpha value is -1.40. The summed E-state index contributed by atoms with van der Waals surface area (Å²) in [7, 11) is 0. The van der Waals surface area contributed by atoms with E-state index >= 15 is 0 Å². The van der Waals surface area contributed by atoms with E-state index in [-0.39, 0.29) is 5.91 Å². The second kappa shape index (κ2) is 7.24. The Balaban J connectivity index is 1.49. The summed E-state index contributed by atoms with van der Waals surface area (Å²) in [5.41, 5.74) is 0.538. The van der Waals surface area contributed by atoms with Gasteiger partial charge >= 0.3 is 0 Å². The molecule has 0 aromatic carbocycles. The molecule has 3 rings (SSSR count). The molecule has 2 unspecified atom stereocenters. The molecule has 1 aromatic rings. The molecule has 0 radical (unpaired) electrons. The zero-order valence-corrected chi connectivity index (χ0v) is 13.4. The van der Waals surface area contributed by atoms with E-state index in [4.69, 9.17) is 0 Å². The lowest BCUT2D eigenvalue weighted by Crippen LogP contribution is -2.33. The fraction of sp³-hybridized carbons (Fsp3) is 0.750. The molecular weight excluding hydrogens is 278 g/mol. The number of aromatic nitrogens is 2. The average Bonchev–Trinajstić information content (AvgIpc) is 3.22. The first-order valence-corrected chi connectivity index (χ1v) is 8.52. The van der Waals surface area contributed by atoms with Crippen molar-refractivity contribution in [2.75, 3.05) is 39.3 Å². The van der Waals surface area contributed by atoms with E-state index in [1.165, 1.54) is 12.8 Å². The van der Waals surface area contributed by atoms with Gasteiger partial charge in [0.2, 0.25) is 0 Å². The highest BCUT2D eigenvalue weighted by molar-refractivity contribution is 5.92. The first-order chi connectivity index (χ1) is 10.8. The van der Waals surface area contributed by atoms with Gasteiger partial charge in [-0.15, -0.1) is 0 Å². The number of carbonyl (C=O) groups is 1. The zero-order chi connectivity index (χ0) is 15.4. The molecule has 1 aromatic heterocycles. The smallest absolute Gasteiger partial charge is 0.271 e. The molecule has 2 aliphatic rings. The molecule has 0 bridgehead atoms. The van der Waals surface area contributed by atoms with Crippen molar-refractivity contribution in [1.29, 1.82) is 0 Å². The van der Waals surface area contributed by atoms with Crippen LogP contribution in [-0.4, -0.2) is 59.9 Å². The number of nitrogens with zero attached hydrogens (tertiary/aromatic N) is 3. The van der Waals surface area contributed by atoms with Crippen LogP contribution >= 0.6 is 0 Å². The third-order valence-corrected chi connectivity index (χ3v) is 4.85. The van der Waals surface area contributed by atoms with Crippen LogP contribution in [-0.2, 0) is 0 Å². The van der Waals surface area contributed by atoms with Crippen LogP contribution in [0.3, 0.4) is 0 Å². The van der Waals surface area contributed by atoms with Crippen molar-refractivity contribution in [3.63, 3.8) is 0 Å². The van der Waals surface area contributed by atoms with Gasteiger partial charge < -0.3 is 15.5 Å². The highest BCUT2D eigenvalue weighted by atomic mass is 16.1. The van der Waals surface area contributed by atoms with E-state index in [1.807, 2.05) is 16.9 Å². The van der Waals surface area contributed by atoms with Crippen molar-refractivity contribution in [3.8, 4) is 0 Å². The van der Waals surface area contributed by atoms with Gasteiger partial charge in [0.1, 0.15) is 5.69 Å². The Morgan fingerprint density at radius 3 is 3.14 bits per heavy atom. The predicted molar refractivity (Wildman–Crippen MR) is 85.9 cm³/mol. The summed E-state index contributed by atoms with van der Waals surface area (Å²) in [4.78, 5) is 14.7. The summed E-state index contributed by atoms with van der Waals surface area (Å²) in [5.74, 6) is 0.533. The van der Waals surface area contributed by atoms with Crippen LogP contribution in [0, 0.1) is 5.92 Å². The summed E-state index contributed by atoms with van der Waals surface area (Å²) < 4.78 is 1.94. The molecule has 0 aliphatic carbocycles. The molecule has 2 saturated heterocycles. The Bertz CT molecular complexity index is 494. The molecule has 3 heterocycles. The number of nitrogens with one attached hydrogen (secondary N) is 2. The largest absolute Gasteiger partial charge is 0.350 e. The van der Waals surface area contributed by atoms with Gasteiger partial charge in [-0.25, -0.2) is 0 Å². The fourth-order valence-corrected chi connectivity index (χ4v) is 3.42. The number of hydrogen-bond acceptors (Lipinski definition) is 4. The Kier molecular flexibility index (Phi) is 5.10. The van der Waals surface area contributed by atoms with Crippen molar-refractivity contribution in [2.45, 2.75) is 32.2 Å². The lowest BCUT2D eigenvalue weighted by molar-refractivity contribution is 0.0941. The van der Waals surface area contributed by atoms with Crippen LogP contribution in [0.5, 0.6) is 0 Å². The zero-order valence-electron chi connectivity index (χ0n) is 13.4. The van der Waals surface area contributed by atoms with Crippen molar-refractivity contribution in [1.82, 2.24) is 25.3 Å². The van der Waals surface area contributed by atoms with Gasteiger partial charge in [0.25, 0.3) is 5.91 Å². The van der Waals surface area contributed by atoms with E-state index < -0.39 is 0 Å². The van der Waals surface area contributed by atoms with Crippen molar-refractivity contribution in [3.05, 3.63) is 18.0 Å². The second-order valence-electron chi connectivity index (χ2n) is 6.44. The number of amides is 1. The monoisotopic (exact) mass is 305 g/mol. The summed E-state index contributed by atoms with van der Waals surface area (Å²) in [6.45, 7) is 8.32. The normalized spacial score (nSPS) is 26.2. The second-order valence-corrected chi connectivity index (χ2v) is 6.44. The van der Waals surface area contributed by atoms with E-state index in [9.17, 15) is 4.79 Å². The molecule has 2 aliphatic heterocycles. The predicted octanol–water partition coefficient (Wildman–Crippen LogP) is 0.879. The molecule has 6 nitrogen and oxygen atoms in total. The molecule has 2 fully saturated rings. The van der Waals surface area contributed by atoms with Gasteiger partial charge in [-0.2, -0.15) is 5.10 Å². The van der Waals surface area contributed by atoms with Crippen molar-refractivity contribution >= 4 is 5.91 Å². The van der Waals surface area contributed by atoms with Gasteiger partial charge in [-0.3, -0.25) is 9.48 Å². The lowest BCUT2D eigenvalue weighted by Gasteiger charge is -2.22. The number of rotatable bonds is 5. The van der Waals surface area contributed by atoms with Gasteiger partial charge in [0.15, 0.2) is 0 Å². The Morgan fingerprint density at radius 1 is 1.50 bits per heavy atom. The summed E-state index contributed by atoms with van der Waals surface area (Å²) >= 11 is 0. The molecule has 2 N–H and O–H groups in total. The number of piperidine rings is 1. The first-order valence-electron chi connectivity index (χ1n) is 8.52. The van der Waals surface area contributed by atoms with Crippen LogP contribution in [0.15, 0.2) is 12.3 Å². The van der Waals surface area contributed by atoms with Crippen molar-refractivity contribution in [2.24, 2.45) is 5.92 Å². The third-order valence-electron chi connectivity index (χ3n) is 4.85. The van der Waals surface area contributed by atoms with Crippen molar-refractivity contribution < 1.29 is 4.79 Å². The van der Waals surface area contributed by atoms with Gasteiger partial charge in [0, 0.05) is 25.8 Å². The molecule has 2 atom stereocenters. The van der Waals surface area contributed by atoms with Gasteiger partial charge in [-0.05, 0) is 50.9 Å². The maximum absolute atomic E-state index is 12.2. The van der Waals surface area contributed by atoms with Gasteiger partial charge in [0.05, 0.1) is 6.04 Å². The standard InChI is InChI=1S/C16H27N5O/c1-2-20-8-5-13(12-20)10-18-16(22)15-6-9-21(19-15)14-4-3-7-17-11-14/h6,9,13-14,17H,2-5,7-8,10-12H2,1H3,(H,18,22). The van der Waals surface area contributed by atoms with E-state index in [1.54, 1.807) is 0 Å². The molecule has 0 saturated carbocycles. The minimum absolute atomic E-state index is 0.0440. The number of carbonyl (C=O) groups excluding carboxylic acids is 1. The Labute approximate surface area is 132 Å². The minimum Gasteiger partial charge on any atom is -0.350 e. The summed E-state index contributed by atoms with van der Waals surface area (Å²) in [6, 6.07) is 2.21. The van der Waals surface area contributed by atoms with E-state index in [0.29, 0.717) is 17.7 Å². The molecule has 22 heavy (non-hydrogen) atoms. The van der Waals surface area contributed by atoms with E-state index in [2.05, 4.69) is 27.6 Å². The fourth-order valence-electron chi connectivity index (χ4n) is 3.42. The van der Waals surface area contributed by atoms with Crippen LogP contribution in [0.25, 0.3) is 0 Å². The molecule has 0 spiro atoms. The quantitative estimate of drug-likeness (QED) is 0.848. The molecular formula is C16H27N5O. The molecule has 6 heteroatoms. The molecule has 122 valence electrons. The molecule has 1 amide bonds. The lowest BCUT2D eigenvalue weighted by atomic mass is 10.1. The summed E-state index contributed by atoms with van der Waals surface area (Å²) in [5, 5.41) is 10.9. The average molecular weight is 305 g/mol. The number of hydrogen-bond donors (Lipinski definition) is 2. The van der Waals surface area contributed by atoms with E-state index in [0.717, 1.165) is 45.7 Å². The minimum atomic E-state index is -0.0440. The topological polar surface area (TPSA) is 62.2 Å². The van der Waals surface area contributed by atoms with Crippen LogP contribution in [0.2, 0.25) is 0 Å². The first kappa shape index (κ1) is 15.5. The highest BCUT2D eigenvalue weighted by Gasteiger charge is 2.22.